The zero-order valence-electron chi connectivity index (χ0n) is 19.7. The molecule has 1 aromatic heterocycles. The number of hydrogen-bond donors (Lipinski definition) is 4. The second-order valence-electron chi connectivity index (χ2n) is 9.60. The number of nitrogens with one attached hydrogen (secondary N) is 2. The molecule has 1 saturated heterocycles. The van der Waals surface area contributed by atoms with Crippen LogP contribution in [0.25, 0.3) is 0 Å². The third-order valence-electron chi connectivity index (χ3n) is 7.02. The Balaban J connectivity index is 1.93. The number of amides is 3. The normalized spacial score (nSPS) is 24.1. The summed E-state index contributed by atoms with van der Waals surface area (Å²) >= 11 is 0. The average molecular weight is 474 g/mol. The van der Waals surface area contributed by atoms with Crippen molar-refractivity contribution in [2.75, 3.05) is 6.54 Å². The summed E-state index contributed by atoms with van der Waals surface area (Å²) in [7, 11) is 0. The highest BCUT2D eigenvalue weighted by molar-refractivity contribution is 6.06. The first-order chi connectivity index (χ1) is 15.9. The predicted octanol–water partition coefficient (Wildman–Crippen LogP) is 0.755. The number of nitriles is 1. The molecule has 0 bridgehead atoms. The van der Waals surface area contributed by atoms with E-state index < -0.39 is 57.5 Å². The van der Waals surface area contributed by atoms with Crippen molar-refractivity contribution in [3.05, 3.63) is 26.4 Å². The Morgan fingerprint density at radius 2 is 1.88 bits per heavy atom. The summed E-state index contributed by atoms with van der Waals surface area (Å²) in [6.07, 6.45) is 2.50. The van der Waals surface area contributed by atoms with Gasteiger partial charge >= 0.3 is 11.7 Å². The highest BCUT2D eigenvalue weighted by Crippen LogP contribution is 2.42. The number of amidine groups is 1. The van der Waals surface area contributed by atoms with Gasteiger partial charge in [-0.25, -0.2) is 9.59 Å². The van der Waals surface area contributed by atoms with Crippen molar-refractivity contribution in [3.63, 3.8) is 0 Å². The van der Waals surface area contributed by atoms with E-state index in [1.54, 1.807) is 13.8 Å². The molecule has 2 aliphatic rings. The minimum Gasteiger partial charge on any atom is -0.494 e. The van der Waals surface area contributed by atoms with E-state index >= 15 is 0 Å². The summed E-state index contributed by atoms with van der Waals surface area (Å²) in [5.74, 6) is -1.67. The van der Waals surface area contributed by atoms with Gasteiger partial charge in [0.05, 0.1) is 11.5 Å². The van der Waals surface area contributed by atoms with E-state index in [-0.39, 0.29) is 13.1 Å². The van der Waals surface area contributed by atoms with Gasteiger partial charge in [-0.15, -0.1) is 0 Å². The molecule has 1 aliphatic carbocycles. The molecule has 0 radical (unpaired) electrons. The molecule has 0 aromatic carbocycles. The van der Waals surface area contributed by atoms with Gasteiger partial charge in [-0.05, 0) is 46.0 Å². The van der Waals surface area contributed by atoms with E-state index in [2.05, 4.69) is 11.4 Å². The van der Waals surface area contributed by atoms with Crippen LogP contribution in [0.4, 0.5) is 4.79 Å². The third-order valence-corrected chi connectivity index (χ3v) is 7.02. The van der Waals surface area contributed by atoms with Crippen LogP contribution in [0, 0.1) is 22.2 Å². The lowest BCUT2D eigenvalue weighted by atomic mass is 9.72. The molecular formula is C22H31N7O5. The number of carbonyl (C=O) groups excluding carboxylic acids is 2. The van der Waals surface area contributed by atoms with Gasteiger partial charge in [0.15, 0.2) is 0 Å². The zero-order chi connectivity index (χ0) is 25.4. The molecule has 2 fully saturated rings. The number of urea groups is 1. The smallest absolute Gasteiger partial charge is 0.334 e. The number of nitrogens with two attached hydrogens (primary N) is 1. The maximum atomic E-state index is 13.2. The molecule has 0 atom stereocenters. The van der Waals surface area contributed by atoms with E-state index in [4.69, 9.17) is 11.1 Å². The van der Waals surface area contributed by atoms with Gasteiger partial charge in [0.25, 0.3) is 11.5 Å². The van der Waals surface area contributed by atoms with Crippen molar-refractivity contribution in [1.29, 1.82) is 10.7 Å². The van der Waals surface area contributed by atoms with Crippen molar-refractivity contribution in [2.45, 2.75) is 77.4 Å². The number of aromatic nitrogens is 2. The lowest BCUT2D eigenvalue weighted by Crippen LogP contribution is -2.51. The Morgan fingerprint density at radius 3 is 2.35 bits per heavy atom. The first-order valence-corrected chi connectivity index (χ1v) is 11.4. The molecule has 1 aromatic rings. The molecule has 34 heavy (non-hydrogen) atoms. The second kappa shape index (κ2) is 8.96. The SMILES string of the molecule is CCCCn1c(O)c(C(=N)N)c(=O)n(C2CCC(C#N)(CN3C(=O)NC(=O)C3(C)C)CC2)c1=O. The first-order valence-electron chi connectivity index (χ1n) is 11.4. The molecule has 3 amide bonds. The lowest BCUT2D eigenvalue weighted by molar-refractivity contribution is -0.125. The second-order valence-corrected chi connectivity index (χ2v) is 9.60. The maximum absolute atomic E-state index is 13.2. The van der Waals surface area contributed by atoms with Gasteiger partial charge in [-0.2, -0.15) is 5.26 Å². The van der Waals surface area contributed by atoms with Gasteiger partial charge in [-0.3, -0.25) is 29.4 Å². The number of aromatic hydroxyl groups is 1. The predicted molar refractivity (Wildman–Crippen MR) is 122 cm³/mol. The Labute approximate surface area is 196 Å². The maximum Gasteiger partial charge on any atom is 0.334 e. The van der Waals surface area contributed by atoms with E-state index in [1.807, 2.05) is 6.92 Å². The van der Waals surface area contributed by atoms with Gasteiger partial charge in [-0.1, -0.05) is 13.3 Å². The van der Waals surface area contributed by atoms with Crippen LogP contribution < -0.4 is 22.3 Å². The van der Waals surface area contributed by atoms with Crippen molar-refractivity contribution >= 4 is 17.8 Å². The van der Waals surface area contributed by atoms with Crippen LogP contribution in [0.15, 0.2) is 9.59 Å². The summed E-state index contributed by atoms with van der Waals surface area (Å²) in [5, 5.41) is 30.5. The van der Waals surface area contributed by atoms with Crippen LogP contribution in [0.5, 0.6) is 5.88 Å². The van der Waals surface area contributed by atoms with Crippen molar-refractivity contribution < 1.29 is 14.7 Å². The number of unbranched alkanes of at least 4 members (excludes halogenated alkanes) is 1. The van der Waals surface area contributed by atoms with Crippen LogP contribution in [-0.4, -0.2) is 49.0 Å². The summed E-state index contributed by atoms with van der Waals surface area (Å²) in [6.45, 7) is 5.36. The third kappa shape index (κ3) is 4.06. The van der Waals surface area contributed by atoms with E-state index in [0.29, 0.717) is 32.1 Å². The minimum atomic E-state index is -1.09. The molecular weight excluding hydrogens is 442 g/mol. The van der Waals surface area contributed by atoms with Crippen LogP contribution in [0.2, 0.25) is 0 Å². The number of rotatable bonds is 7. The number of nitrogens with zero attached hydrogens (tertiary/aromatic N) is 4. The quantitative estimate of drug-likeness (QED) is 0.255. The Morgan fingerprint density at radius 1 is 1.26 bits per heavy atom. The van der Waals surface area contributed by atoms with Crippen molar-refractivity contribution in [3.8, 4) is 11.9 Å². The fourth-order valence-corrected chi connectivity index (χ4v) is 4.72. The summed E-state index contributed by atoms with van der Waals surface area (Å²) in [5.41, 5.74) is 1.59. The molecule has 0 unspecified atom stereocenters. The fraction of sp³-hybridized carbons (Fsp3) is 0.636. The van der Waals surface area contributed by atoms with Crippen LogP contribution in [-0.2, 0) is 11.3 Å². The van der Waals surface area contributed by atoms with Gasteiger partial charge < -0.3 is 15.7 Å². The first kappa shape index (κ1) is 25.0. The summed E-state index contributed by atoms with van der Waals surface area (Å²) in [4.78, 5) is 52.0. The molecule has 12 nitrogen and oxygen atoms in total. The van der Waals surface area contributed by atoms with E-state index in [0.717, 1.165) is 15.6 Å². The summed E-state index contributed by atoms with van der Waals surface area (Å²) < 4.78 is 2.10. The largest absolute Gasteiger partial charge is 0.494 e. The zero-order valence-corrected chi connectivity index (χ0v) is 19.7. The van der Waals surface area contributed by atoms with Crippen LogP contribution in [0.3, 0.4) is 0 Å². The molecule has 12 heteroatoms. The van der Waals surface area contributed by atoms with Gasteiger partial charge in [0.2, 0.25) is 5.88 Å². The highest BCUT2D eigenvalue weighted by atomic mass is 16.3. The van der Waals surface area contributed by atoms with Crippen LogP contribution >= 0.6 is 0 Å². The Kier molecular flexibility index (Phi) is 6.59. The molecule has 0 spiro atoms. The molecule has 1 saturated carbocycles. The van der Waals surface area contributed by atoms with E-state index in [1.165, 1.54) is 4.90 Å². The number of nitrogen functional groups attached to an aromatic ring is 1. The molecule has 5 N–H and O–H groups in total. The fourth-order valence-electron chi connectivity index (χ4n) is 4.72. The van der Waals surface area contributed by atoms with E-state index in [9.17, 15) is 29.5 Å². The number of carbonyl (C=O) groups is 2. The average Bonchev–Trinajstić information content (AvgIpc) is 2.96. The molecule has 3 rings (SSSR count). The van der Waals surface area contributed by atoms with Gasteiger partial charge in [0.1, 0.15) is 16.9 Å². The molecule has 184 valence electrons. The number of hydrogen-bond acceptors (Lipinski definition) is 7. The highest BCUT2D eigenvalue weighted by Gasteiger charge is 2.50. The van der Waals surface area contributed by atoms with Gasteiger partial charge in [0, 0.05) is 19.1 Å². The summed E-state index contributed by atoms with van der Waals surface area (Å²) in [6, 6.07) is 1.19. The Hall–Kier alpha value is -3.62. The molecule has 1 aliphatic heterocycles. The number of imide groups is 1. The minimum absolute atomic E-state index is 0.0463. The topological polar surface area (TPSA) is 187 Å². The van der Waals surface area contributed by atoms with Crippen LogP contribution in [0.1, 0.15) is 70.9 Å². The van der Waals surface area contributed by atoms with Crippen molar-refractivity contribution in [1.82, 2.24) is 19.4 Å². The molecule has 2 heterocycles. The Bertz CT molecular complexity index is 1180. The standard InChI is InChI=1S/C22H31N7O5/c1-4-5-10-27-16(30)14(15(24)25)17(31)29(20(27)34)13-6-8-22(11-23,9-7-13)12-28-19(33)26-18(32)21(28,2)3/h13,30H,4-10,12H2,1-3H3,(H3,24,25)(H,26,32,33). The lowest BCUT2D eigenvalue weighted by Gasteiger charge is -2.40. The van der Waals surface area contributed by atoms with Crippen molar-refractivity contribution in [2.24, 2.45) is 11.1 Å². The monoisotopic (exact) mass is 473 g/mol.